The summed E-state index contributed by atoms with van der Waals surface area (Å²) in [6.45, 7) is 4.00. The summed E-state index contributed by atoms with van der Waals surface area (Å²) >= 11 is 0. The number of unbranched alkanes of at least 4 members (excludes halogenated alkanes) is 1. The van der Waals surface area contributed by atoms with Crippen molar-refractivity contribution in [2.75, 3.05) is 13.2 Å². The third kappa shape index (κ3) is 7.45. The molecule has 1 saturated carbocycles. The van der Waals surface area contributed by atoms with Crippen molar-refractivity contribution < 1.29 is 4.74 Å². The van der Waals surface area contributed by atoms with Gasteiger partial charge in [-0.05, 0) is 87.3 Å². The van der Waals surface area contributed by atoms with Crippen LogP contribution in [0.25, 0.3) is 0 Å². The van der Waals surface area contributed by atoms with E-state index in [0.717, 1.165) is 44.0 Å². The van der Waals surface area contributed by atoms with Gasteiger partial charge in [-0.2, -0.15) is 5.26 Å². The molecule has 0 bridgehead atoms. The highest BCUT2D eigenvalue weighted by molar-refractivity contribution is 5.33. The van der Waals surface area contributed by atoms with Gasteiger partial charge < -0.3 is 4.74 Å². The Bertz CT molecular complexity index is 532. The number of ether oxygens (including phenoxy) is 1. The first-order valence-electron chi connectivity index (χ1n) is 10.1. The van der Waals surface area contributed by atoms with Crippen LogP contribution in [0.1, 0.15) is 81.8 Å². The quantitative estimate of drug-likeness (QED) is 0.366. The molecule has 0 radical (unpaired) electrons. The molecule has 2 heteroatoms. The van der Waals surface area contributed by atoms with E-state index in [2.05, 4.69) is 37.3 Å². The van der Waals surface area contributed by atoms with Gasteiger partial charge in [0.2, 0.25) is 0 Å². The second kappa shape index (κ2) is 11.9. The average molecular weight is 340 g/mol. The summed E-state index contributed by atoms with van der Waals surface area (Å²) in [6.07, 6.45) is 15.7. The third-order valence-corrected chi connectivity index (χ3v) is 5.32. The molecule has 0 saturated heterocycles. The van der Waals surface area contributed by atoms with Crippen molar-refractivity contribution in [1.29, 1.82) is 5.26 Å². The van der Waals surface area contributed by atoms with Crippen molar-refractivity contribution in [3.63, 3.8) is 0 Å². The first kappa shape index (κ1) is 19.7. The van der Waals surface area contributed by atoms with E-state index < -0.39 is 0 Å². The second-order valence-corrected chi connectivity index (χ2v) is 7.23. The zero-order valence-corrected chi connectivity index (χ0v) is 15.8. The molecular formula is C23H33NO. The summed E-state index contributed by atoms with van der Waals surface area (Å²) < 4.78 is 5.76. The van der Waals surface area contributed by atoms with Gasteiger partial charge in [0, 0.05) is 13.2 Å². The van der Waals surface area contributed by atoms with Gasteiger partial charge in [0.05, 0.1) is 11.6 Å². The van der Waals surface area contributed by atoms with E-state index in [4.69, 9.17) is 10.00 Å². The van der Waals surface area contributed by atoms with Gasteiger partial charge in [-0.15, -0.1) is 0 Å². The van der Waals surface area contributed by atoms with Crippen LogP contribution in [0.5, 0.6) is 0 Å². The Hall–Kier alpha value is -1.59. The van der Waals surface area contributed by atoms with Gasteiger partial charge in [-0.1, -0.05) is 31.2 Å². The molecular weight excluding hydrogens is 306 g/mol. The summed E-state index contributed by atoms with van der Waals surface area (Å²) in [5.74, 6) is 1.57. The van der Waals surface area contributed by atoms with Gasteiger partial charge in [-0.25, -0.2) is 0 Å². The van der Waals surface area contributed by atoms with E-state index in [1.165, 1.54) is 44.1 Å². The van der Waals surface area contributed by atoms with Crippen molar-refractivity contribution in [3.05, 3.63) is 47.5 Å². The Kier molecular flexibility index (Phi) is 9.37. The number of hydrogen-bond donors (Lipinski definition) is 0. The van der Waals surface area contributed by atoms with E-state index in [1.807, 2.05) is 12.1 Å². The maximum Gasteiger partial charge on any atom is 0.0991 e. The number of nitriles is 1. The van der Waals surface area contributed by atoms with E-state index in [-0.39, 0.29) is 0 Å². The van der Waals surface area contributed by atoms with Crippen molar-refractivity contribution in [2.24, 2.45) is 5.92 Å². The third-order valence-electron chi connectivity index (χ3n) is 5.32. The minimum absolute atomic E-state index is 0.691. The van der Waals surface area contributed by atoms with E-state index in [0.29, 0.717) is 5.92 Å². The zero-order valence-electron chi connectivity index (χ0n) is 15.8. The van der Waals surface area contributed by atoms with Crippen LogP contribution < -0.4 is 0 Å². The molecule has 136 valence electrons. The zero-order chi connectivity index (χ0) is 17.7. The molecule has 0 atom stereocenters. The van der Waals surface area contributed by atoms with Gasteiger partial charge in [0.15, 0.2) is 0 Å². The lowest BCUT2D eigenvalue weighted by Gasteiger charge is -2.28. The molecule has 0 amide bonds. The topological polar surface area (TPSA) is 33.0 Å². The Morgan fingerprint density at radius 3 is 2.44 bits per heavy atom. The molecule has 0 aromatic heterocycles. The molecule has 0 N–H and O–H groups in total. The fourth-order valence-electron chi connectivity index (χ4n) is 3.78. The summed E-state index contributed by atoms with van der Waals surface area (Å²) in [4.78, 5) is 0. The lowest BCUT2D eigenvalue weighted by molar-refractivity contribution is 0.122. The average Bonchev–Trinajstić information content (AvgIpc) is 2.67. The molecule has 25 heavy (non-hydrogen) atoms. The molecule has 2 rings (SSSR count). The predicted molar refractivity (Wildman–Crippen MR) is 105 cm³/mol. The van der Waals surface area contributed by atoms with E-state index in [9.17, 15) is 0 Å². The lowest BCUT2D eigenvalue weighted by Crippen LogP contribution is -2.14. The van der Waals surface area contributed by atoms with Crippen LogP contribution in [0, 0.1) is 17.2 Å². The molecule has 0 heterocycles. The second-order valence-electron chi connectivity index (χ2n) is 7.23. The van der Waals surface area contributed by atoms with Crippen molar-refractivity contribution in [1.82, 2.24) is 0 Å². The van der Waals surface area contributed by atoms with Gasteiger partial charge in [0.1, 0.15) is 0 Å². The number of rotatable bonds is 10. The van der Waals surface area contributed by atoms with Crippen LogP contribution in [-0.2, 0) is 4.74 Å². The summed E-state index contributed by atoms with van der Waals surface area (Å²) in [7, 11) is 0. The van der Waals surface area contributed by atoms with Crippen molar-refractivity contribution in [3.8, 4) is 6.07 Å². The Morgan fingerprint density at radius 1 is 1.04 bits per heavy atom. The Morgan fingerprint density at radius 2 is 1.76 bits per heavy atom. The molecule has 1 aliphatic carbocycles. The van der Waals surface area contributed by atoms with Crippen LogP contribution >= 0.6 is 0 Å². The summed E-state index contributed by atoms with van der Waals surface area (Å²) in [5.41, 5.74) is 2.18. The van der Waals surface area contributed by atoms with Crippen LogP contribution in [0.15, 0.2) is 36.4 Å². The molecule has 2 nitrogen and oxygen atoms in total. The molecule has 1 fully saturated rings. The number of allylic oxidation sites excluding steroid dienone is 2. The molecule has 0 unspecified atom stereocenters. The monoisotopic (exact) mass is 339 g/mol. The van der Waals surface area contributed by atoms with Crippen LogP contribution in [0.2, 0.25) is 0 Å². The fourth-order valence-corrected chi connectivity index (χ4v) is 3.78. The minimum atomic E-state index is 0.691. The van der Waals surface area contributed by atoms with Crippen LogP contribution in [0.4, 0.5) is 0 Å². The largest absolute Gasteiger partial charge is 0.381 e. The van der Waals surface area contributed by atoms with E-state index >= 15 is 0 Å². The molecule has 1 aromatic carbocycles. The highest BCUT2D eigenvalue weighted by atomic mass is 16.5. The van der Waals surface area contributed by atoms with Crippen molar-refractivity contribution in [2.45, 2.75) is 70.6 Å². The highest BCUT2D eigenvalue weighted by Gasteiger charge is 2.21. The first-order chi connectivity index (χ1) is 12.3. The molecule has 1 aliphatic rings. The number of nitrogens with zero attached hydrogens (tertiary/aromatic N) is 1. The van der Waals surface area contributed by atoms with Gasteiger partial charge >= 0.3 is 0 Å². The van der Waals surface area contributed by atoms with Gasteiger partial charge in [-0.3, -0.25) is 0 Å². The van der Waals surface area contributed by atoms with E-state index in [1.54, 1.807) is 0 Å². The normalized spacial score (nSPS) is 20.6. The summed E-state index contributed by atoms with van der Waals surface area (Å²) in [6, 6.07) is 10.4. The van der Waals surface area contributed by atoms with Crippen LogP contribution in [-0.4, -0.2) is 13.2 Å². The maximum atomic E-state index is 8.90. The Balaban J connectivity index is 1.53. The molecule has 1 aromatic rings. The lowest BCUT2D eigenvalue weighted by atomic mass is 9.77. The van der Waals surface area contributed by atoms with Crippen molar-refractivity contribution >= 4 is 0 Å². The summed E-state index contributed by atoms with van der Waals surface area (Å²) in [5, 5.41) is 8.90. The maximum absolute atomic E-state index is 8.90. The number of benzene rings is 1. The minimum Gasteiger partial charge on any atom is -0.381 e. The van der Waals surface area contributed by atoms with Gasteiger partial charge in [0.25, 0.3) is 0 Å². The molecule has 0 spiro atoms. The smallest absolute Gasteiger partial charge is 0.0991 e. The predicted octanol–water partition coefficient (Wildman–Crippen LogP) is 6.38. The SMILES string of the molecule is CCC=CCCCOCCCC1CCC(c2ccc(C#N)cc2)CC1. The first-order valence-corrected chi connectivity index (χ1v) is 10.1. The molecule has 0 aliphatic heterocycles. The fraction of sp³-hybridized carbons (Fsp3) is 0.609. The van der Waals surface area contributed by atoms with Crippen LogP contribution in [0.3, 0.4) is 0 Å². The number of hydrogen-bond acceptors (Lipinski definition) is 2. The highest BCUT2D eigenvalue weighted by Crippen LogP contribution is 2.37. The standard InChI is InChI=1S/C23H33NO/c1-2-3-4-5-6-17-25-18-7-8-20-9-13-22(14-10-20)23-15-11-21(19-24)12-16-23/h3-4,11-12,15-16,20,22H,2,5-10,13-14,17-18H2,1H3. The Labute approximate surface area is 153 Å².